The van der Waals surface area contributed by atoms with E-state index in [1.54, 1.807) is 0 Å². The molecule has 1 aliphatic rings. The van der Waals surface area contributed by atoms with Crippen molar-refractivity contribution >= 4 is 8.07 Å². The van der Waals surface area contributed by atoms with Crippen LogP contribution < -0.4 is 0 Å². The zero-order valence-electron chi connectivity index (χ0n) is 7.72. The number of hydrogen-bond donors (Lipinski definition) is 1. The van der Waals surface area contributed by atoms with Gasteiger partial charge in [0.25, 0.3) is 0 Å². The summed E-state index contributed by atoms with van der Waals surface area (Å²) in [5, 5.41) is 10.8. The molecule has 1 heterocycles. The summed E-state index contributed by atoms with van der Waals surface area (Å²) in [5.41, 5.74) is 0.693. The van der Waals surface area contributed by atoms with Crippen LogP contribution in [0.15, 0.2) is 11.8 Å². The van der Waals surface area contributed by atoms with Crippen molar-refractivity contribution in [3.63, 3.8) is 0 Å². The van der Waals surface area contributed by atoms with Gasteiger partial charge in [-0.05, 0) is 18.4 Å². The molecule has 1 saturated heterocycles. The number of rotatable bonds is 0. The minimum Gasteiger partial charge on any atom is -0.393 e. The molecule has 1 nitrogen and oxygen atoms in total. The average molecular weight is 170 g/mol. The van der Waals surface area contributed by atoms with Gasteiger partial charge in [-0.2, -0.15) is 0 Å². The first-order valence-corrected chi connectivity index (χ1v) is 7.38. The van der Waals surface area contributed by atoms with Crippen LogP contribution in [0.4, 0.5) is 0 Å². The van der Waals surface area contributed by atoms with Crippen LogP contribution in [0.25, 0.3) is 0 Å². The van der Waals surface area contributed by atoms with Crippen LogP contribution >= 0.6 is 0 Å². The predicted molar refractivity (Wildman–Crippen MR) is 51.3 cm³/mol. The van der Waals surface area contributed by atoms with Gasteiger partial charge in [-0.3, -0.25) is 0 Å². The lowest BCUT2D eigenvalue weighted by Crippen LogP contribution is -2.41. The molecule has 0 bridgehead atoms. The van der Waals surface area contributed by atoms with Gasteiger partial charge < -0.3 is 5.11 Å². The summed E-state index contributed by atoms with van der Waals surface area (Å²) in [5.74, 6) is 0. The van der Waals surface area contributed by atoms with Crippen molar-refractivity contribution in [3.8, 4) is 0 Å². The van der Waals surface area contributed by atoms with Gasteiger partial charge in [-0.1, -0.05) is 25.2 Å². The zero-order chi connectivity index (χ0) is 8.65. The molecule has 2 heteroatoms. The van der Waals surface area contributed by atoms with E-state index in [2.05, 4.69) is 26.6 Å². The van der Waals surface area contributed by atoms with Crippen molar-refractivity contribution in [2.45, 2.75) is 44.5 Å². The molecule has 1 fully saturated rings. The molecule has 0 aliphatic carbocycles. The molecule has 0 aromatic rings. The van der Waals surface area contributed by atoms with E-state index in [0.717, 1.165) is 12.8 Å². The smallest absolute Gasteiger partial charge is 0.0777 e. The lowest BCUT2D eigenvalue weighted by Gasteiger charge is -2.39. The third-order valence-electron chi connectivity index (χ3n) is 3.25. The Hall–Kier alpha value is -0.0831. The second-order valence-corrected chi connectivity index (χ2v) is 9.46. The summed E-state index contributed by atoms with van der Waals surface area (Å²) in [6.45, 7) is 11.0. The maximum absolute atomic E-state index is 9.44. The highest BCUT2D eigenvalue weighted by Gasteiger charge is 2.37. The van der Waals surface area contributed by atoms with Crippen molar-refractivity contribution < 1.29 is 5.11 Å². The van der Waals surface area contributed by atoms with Crippen LogP contribution in [0.2, 0.25) is 18.6 Å². The Morgan fingerprint density at radius 2 is 2.09 bits per heavy atom. The molecular formula is C9H18OSi. The average Bonchev–Trinajstić information content (AvgIpc) is 1.84. The van der Waals surface area contributed by atoms with Gasteiger partial charge in [-0.25, -0.2) is 0 Å². The molecule has 0 saturated carbocycles. The molecule has 1 aliphatic heterocycles. The van der Waals surface area contributed by atoms with Crippen molar-refractivity contribution in [3.05, 3.63) is 11.8 Å². The Balaban J connectivity index is 2.76. The fraction of sp³-hybridized carbons (Fsp3) is 0.778. The highest BCUT2D eigenvalue weighted by atomic mass is 28.3. The molecule has 1 rings (SSSR count). The lowest BCUT2D eigenvalue weighted by atomic mass is 10.1. The van der Waals surface area contributed by atoms with E-state index in [0.29, 0.717) is 5.54 Å². The van der Waals surface area contributed by atoms with Gasteiger partial charge >= 0.3 is 0 Å². The van der Waals surface area contributed by atoms with Crippen LogP contribution in [0, 0.1) is 0 Å². The van der Waals surface area contributed by atoms with E-state index in [-0.39, 0.29) is 6.10 Å². The molecule has 1 N–H and O–H groups in total. The largest absolute Gasteiger partial charge is 0.393 e. The number of hydrogen-bond acceptors (Lipinski definition) is 1. The van der Waals surface area contributed by atoms with Gasteiger partial charge in [0.1, 0.15) is 0 Å². The molecule has 0 aromatic heterocycles. The normalized spacial score (nSPS) is 37.3. The van der Waals surface area contributed by atoms with Crippen molar-refractivity contribution in [1.82, 2.24) is 0 Å². The van der Waals surface area contributed by atoms with E-state index >= 15 is 0 Å². The van der Waals surface area contributed by atoms with Gasteiger partial charge in [0.05, 0.1) is 14.2 Å². The van der Waals surface area contributed by atoms with E-state index < -0.39 is 8.07 Å². The third kappa shape index (κ3) is 1.57. The molecule has 0 spiro atoms. The van der Waals surface area contributed by atoms with E-state index in [9.17, 15) is 5.11 Å². The van der Waals surface area contributed by atoms with Crippen molar-refractivity contribution in [2.75, 3.05) is 0 Å². The summed E-state index contributed by atoms with van der Waals surface area (Å²) >= 11 is 0. The minimum absolute atomic E-state index is 0.113. The van der Waals surface area contributed by atoms with Gasteiger partial charge in [0.2, 0.25) is 0 Å². The summed E-state index contributed by atoms with van der Waals surface area (Å²) in [6, 6.07) is 0. The van der Waals surface area contributed by atoms with Crippen LogP contribution in [0.3, 0.4) is 0 Å². The van der Waals surface area contributed by atoms with E-state index in [1.165, 1.54) is 5.20 Å². The van der Waals surface area contributed by atoms with Crippen LogP contribution in [0.1, 0.15) is 19.8 Å². The first kappa shape index (κ1) is 9.01. The molecule has 0 unspecified atom stereocenters. The first-order chi connectivity index (χ1) is 4.94. The SMILES string of the molecule is C=C1C[C@H](O)C[C@H](C)[Si]1(C)C. The fourth-order valence-electron chi connectivity index (χ4n) is 1.68. The minimum atomic E-state index is -1.19. The molecule has 0 radical (unpaired) electrons. The summed E-state index contributed by atoms with van der Waals surface area (Å²) in [6.07, 6.45) is 1.72. The number of aliphatic hydroxyl groups is 1. The maximum atomic E-state index is 9.44. The number of aliphatic hydroxyl groups excluding tert-OH is 1. The quantitative estimate of drug-likeness (QED) is 0.553. The fourth-order valence-corrected chi connectivity index (χ4v) is 4.00. The van der Waals surface area contributed by atoms with Crippen molar-refractivity contribution in [1.29, 1.82) is 0 Å². The van der Waals surface area contributed by atoms with Gasteiger partial charge in [-0.15, -0.1) is 6.58 Å². The molecule has 0 amide bonds. The Kier molecular flexibility index (Phi) is 2.26. The molecular weight excluding hydrogens is 152 g/mol. The van der Waals surface area contributed by atoms with E-state index in [4.69, 9.17) is 0 Å². The molecule has 11 heavy (non-hydrogen) atoms. The Morgan fingerprint density at radius 1 is 1.55 bits per heavy atom. The van der Waals surface area contributed by atoms with Crippen LogP contribution in [-0.2, 0) is 0 Å². The Morgan fingerprint density at radius 3 is 2.55 bits per heavy atom. The van der Waals surface area contributed by atoms with Gasteiger partial charge in [0.15, 0.2) is 0 Å². The summed E-state index contributed by atoms with van der Waals surface area (Å²) in [7, 11) is -1.19. The van der Waals surface area contributed by atoms with Crippen LogP contribution in [0.5, 0.6) is 0 Å². The highest BCUT2D eigenvalue weighted by Crippen LogP contribution is 2.38. The second kappa shape index (κ2) is 2.76. The standard InChI is InChI=1S/C9H18OSi/c1-7-5-9(10)6-8(2)11(7,3)4/h8-10H,1,5-6H2,2-4H3/t8-,9-/m0/s1. The topological polar surface area (TPSA) is 20.2 Å². The van der Waals surface area contributed by atoms with Gasteiger partial charge in [0, 0.05) is 0 Å². The predicted octanol–water partition coefficient (Wildman–Crippen LogP) is 2.33. The first-order valence-electron chi connectivity index (χ1n) is 4.31. The van der Waals surface area contributed by atoms with Crippen LogP contribution in [-0.4, -0.2) is 19.3 Å². The Labute approximate surface area is 70.1 Å². The molecule has 0 aromatic carbocycles. The second-order valence-electron chi connectivity index (χ2n) is 4.32. The zero-order valence-corrected chi connectivity index (χ0v) is 8.72. The maximum Gasteiger partial charge on any atom is 0.0777 e. The highest BCUT2D eigenvalue weighted by molar-refractivity contribution is 6.85. The summed E-state index contributed by atoms with van der Waals surface area (Å²) in [4.78, 5) is 0. The molecule has 2 atom stereocenters. The molecule has 64 valence electrons. The Bertz CT molecular complexity index is 174. The third-order valence-corrected chi connectivity index (χ3v) is 7.98. The summed E-state index contributed by atoms with van der Waals surface area (Å²) < 4.78 is 0. The monoisotopic (exact) mass is 170 g/mol. The van der Waals surface area contributed by atoms with Crippen molar-refractivity contribution in [2.24, 2.45) is 0 Å². The lowest BCUT2D eigenvalue weighted by molar-refractivity contribution is 0.159. The van der Waals surface area contributed by atoms with E-state index in [1.807, 2.05) is 0 Å².